The predicted octanol–water partition coefficient (Wildman–Crippen LogP) is 0.580. The van der Waals surface area contributed by atoms with E-state index in [0.717, 1.165) is 11.3 Å². The molecule has 0 aromatic heterocycles. The number of rotatable bonds is 8. The number of carboxylic acid groups (broad SMARTS) is 1. The fourth-order valence-corrected chi connectivity index (χ4v) is 1.72. The second-order valence-electron chi connectivity index (χ2n) is 4.30. The molecule has 0 spiro atoms. The van der Waals surface area contributed by atoms with Crippen LogP contribution in [0.3, 0.4) is 0 Å². The summed E-state index contributed by atoms with van der Waals surface area (Å²) in [5.74, 6) is -0.733. The van der Waals surface area contributed by atoms with Gasteiger partial charge in [-0.05, 0) is 18.1 Å². The number of hydrogen-bond donors (Lipinski definition) is 3. The molecule has 20 heavy (non-hydrogen) atoms. The van der Waals surface area contributed by atoms with E-state index in [0.29, 0.717) is 6.42 Å². The van der Waals surface area contributed by atoms with Gasteiger partial charge in [0.25, 0.3) is 0 Å². The maximum absolute atomic E-state index is 11.6. The molecule has 0 aliphatic heterocycles. The molecule has 1 atom stereocenters. The Morgan fingerprint density at radius 1 is 1.35 bits per heavy atom. The van der Waals surface area contributed by atoms with Crippen molar-refractivity contribution >= 4 is 11.9 Å². The minimum absolute atomic E-state index is 0.00423. The number of aliphatic carboxylic acids is 1. The van der Waals surface area contributed by atoms with Crippen molar-refractivity contribution in [2.24, 2.45) is 0 Å². The van der Waals surface area contributed by atoms with E-state index in [1.54, 1.807) is 7.11 Å². The molecule has 0 bridgehead atoms. The molecule has 0 saturated carbocycles. The van der Waals surface area contributed by atoms with E-state index in [-0.39, 0.29) is 25.3 Å². The first-order valence-corrected chi connectivity index (χ1v) is 6.34. The molecule has 1 amide bonds. The zero-order valence-electron chi connectivity index (χ0n) is 11.3. The molecule has 0 unspecified atom stereocenters. The van der Waals surface area contributed by atoms with Crippen LogP contribution in [0.2, 0.25) is 0 Å². The second-order valence-corrected chi connectivity index (χ2v) is 4.30. The number of nitrogens with one attached hydrogen (secondary N) is 1. The van der Waals surface area contributed by atoms with Gasteiger partial charge in [0.1, 0.15) is 5.75 Å². The molecule has 1 aromatic rings. The molecule has 0 radical (unpaired) electrons. The average molecular weight is 281 g/mol. The highest BCUT2D eigenvalue weighted by atomic mass is 16.5. The number of aliphatic hydroxyl groups is 1. The first-order valence-electron chi connectivity index (χ1n) is 6.34. The Morgan fingerprint density at radius 2 is 2.05 bits per heavy atom. The fourth-order valence-electron chi connectivity index (χ4n) is 1.72. The topological polar surface area (TPSA) is 95.9 Å². The summed E-state index contributed by atoms with van der Waals surface area (Å²) < 4.78 is 5.19. The van der Waals surface area contributed by atoms with Crippen molar-refractivity contribution in [3.05, 3.63) is 29.8 Å². The van der Waals surface area contributed by atoms with E-state index in [1.807, 2.05) is 24.3 Å². The Balaban J connectivity index is 2.31. The molecule has 6 heteroatoms. The standard InChI is InChI=1S/C14H19NO5/c1-20-12-5-3-2-4-10(12)6-7-13(17)15-9-8-11(16)14(18)19/h2-5,11,16H,6-9H2,1H3,(H,15,17)(H,18,19)/t11-/m0/s1. The largest absolute Gasteiger partial charge is 0.496 e. The van der Waals surface area contributed by atoms with E-state index in [9.17, 15) is 9.59 Å². The molecule has 0 saturated heterocycles. The fraction of sp³-hybridized carbons (Fsp3) is 0.429. The number of ether oxygens (including phenoxy) is 1. The molecular formula is C14H19NO5. The van der Waals surface area contributed by atoms with Crippen LogP contribution in [0.5, 0.6) is 5.75 Å². The normalized spacial score (nSPS) is 11.7. The quantitative estimate of drug-likeness (QED) is 0.648. The number of aryl methyl sites for hydroxylation is 1. The molecule has 1 aromatic carbocycles. The van der Waals surface area contributed by atoms with Crippen LogP contribution in [0.4, 0.5) is 0 Å². The van der Waals surface area contributed by atoms with Gasteiger partial charge in [-0.2, -0.15) is 0 Å². The monoisotopic (exact) mass is 281 g/mol. The smallest absolute Gasteiger partial charge is 0.332 e. The SMILES string of the molecule is COc1ccccc1CCC(=O)NCC[C@H](O)C(=O)O. The average Bonchev–Trinajstić information content (AvgIpc) is 2.45. The van der Waals surface area contributed by atoms with Crippen LogP contribution in [0.1, 0.15) is 18.4 Å². The summed E-state index contributed by atoms with van der Waals surface area (Å²) in [5.41, 5.74) is 0.940. The summed E-state index contributed by atoms with van der Waals surface area (Å²) in [6.07, 6.45) is -0.624. The molecule has 6 nitrogen and oxygen atoms in total. The van der Waals surface area contributed by atoms with Gasteiger partial charge in [-0.3, -0.25) is 4.79 Å². The lowest BCUT2D eigenvalue weighted by molar-refractivity contribution is -0.147. The van der Waals surface area contributed by atoms with Crippen molar-refractivity contribution in [1.29, 1.82) is 0 Å². The van der Waals surface area contributed by atoms with Gasteiger partial charge in [-0.15, -0.1) is 0 Å². The number of carbonyl (C=O) groups is 2. The molecule has 0 fully saturated rings. The third-order valence-corrected chi connectivity index (χ3v) is 2.84. The van der Waals surface area contributed by atoms with Gasteiger partial charge in [0, 0.05) is 19.4 Å². The van der Waals surface area contributed by atoms with Crippen LogP contribution in [0, 0.1) is 0 Å². The van der Waals surface area contributed by atoms with Gasteiger partial charge in [-0.1, -0.05) is 18.2 Å². The van der Waals surface area contributed by atoms with Crippen molar-refractivity contribution < 1.29 is 24.5 Å². The van der Waals surface area contributed by atoms with Crippen molar-refractivity contribution in [2.45, 2.75) is 25.4 Å². The summed E-state index contributed by atoms with van der Waals surface area (Å²) in [6, 6.07) is 7.45. The van der Waals surface area contributed by atoms with Gasteiger partial charge in [0.2, 0.25) is 5.91 Å². The number of carboxylic acids is 1. The lowest BCUT2D eigenvalue weighted by Gasteiger charge is -2.09. The minimum Gasteiger partial charge on any atom is -0.496 e. The highest BCUT2D eigenvalue weighted by Crippen LogP contribution is 2.18. The van der Waals surface area contributed by atoms with E-state index in [1.165, 1.54) is 0 Å². The Morgan fingerprint density at radius 3 is 2.70 bits per heavy atom. The third-order valence-electron chi connectivity index (χ3n) is 2.84. The summed E-state index contributed by atoms with van der Waals surface area (Å²) in [4.78, 5) is 22.0. The van der Waals surface area contributed by atoms with Crippen LogP contribution >= 0.6 is 0 Å². The number of hydrogen-bond acceptors (Lipinski definition) is 4. The molecule has 0 aliphatic rings. The number of amides is 1. The zero-order chi connectivity index (χ0) is 15.0. The predicted molar refractivity (Wildman–Crippen MR) is 72.6 cm³/mol. The molecule has 110 valence electrons. The van der Waals surface area contributed by atoms with Crippen molar-refractivity contribution in [1.82, 2.24) is 5.32 Å². The minimum atomic E-state index is -1.44. The Bertz CT molecular complexity index is 461. The van der Waals surface area contributed by atoms with Crippen LogP contribution in [-0.2, 0) is 16.0 Å². The molecular weight excluding hydrogens is 262 g/mol. The summed E-state index contributed by atoms with van der Waals surface area (Å²) in [5, 5.41) is 20.1. The van der Waals surface area contributed by atoms with Crippen LogP contribution in [0.25, 0.3) is 0 Å². The zero-order valence-corrected chi connectivity index (χ0v) is 11.3. The van der Waals surface area contributed by atoms with E-state index in [4.69, 9.17) is 14.9 Å². The van der Waals surface area contributed by atoms with E-state index < -0.39 is 12.1 Å². The number of carbonyl (C=O) groups excluding carboxylic acids is 1. The third kappa shape index (κ3) is 5.27. The number of methoxy groups -OCH3 is 1. The van der Waals surface area contributed by atoms with Crippen molar-refractivity contribution in [3.8, 4) is 5.75 Å². The number of para-hydroxylation sites is 1. The first-order chi connectivity index (χ1) is 9.54. The Hall–Kier alpha value is -2.08. The number of benzene rings is 1. The summed E-state index contributed by atoms with van der Waals surface area (Å²) in [7, 11) is 1.58. The van der Waals surface area contributed by atoms with Crippen molar-refractivity contribution in [2.75, 3.05) is 13.7 Å². The van der Waals surface area contributed by atoms with Gasteiger partial charge < -0.3 is 20.3 Å². The van der Waals surface area contributed by atoms with Gasteiger partial charge in [0.15, 0.2) is 6.10 Å². The molecule has 0 aliphatic carbocycles. The van der Waals surface area contributed by atoms with E-state index >= 15 is 0 Å². The van der Waals surface area contributed by atoms with Gasteiger partial charge in [-0.25, -0.2) is 4.79 Å². The highest BCUT2D eigenvalue weighted by Gasteiger charge is 2.13. The molecule has 1 rings (SSSR count). The van der Waals surface area contributed by atoms with E-state index in [2.05, 4.69) is 5.32 Å². The lowest BCUT2D eigenvalue weighted by Crippen LogP contribution is -2.30. The first kappa shape index (κ1) is 16.0. The lowest BCUT2D eigenvalue weighted by atomic mass is 10.1. The van der Waals surface area contributed by atoms with Crippen molar-refractivity contribution in [3.63, 3.8) is 0 Å². The maximum Gasteiger partial charge on any atom is 0.332 e. The summed E-state index contributed by atoms with van der Waals surface area (Å²) in [6.45, 7) is 0.137. The van der Waals surface area contributed by atoms with Crippen LogP contribution in [-0.4, -0.2) is 41.8 Å². The van der Waals surface area contributed by atoms with Gasteiger partial charge in [0.05, 0.1) is 7.11 Å². The molecule has 0 heterocycles. The second kappa shape index (κ2) is 8.16. The van der Waals surface area contributed by atoms with Gasteiger partial charge >= 0.3 is 5.97 Å². The molecule has 3 N–H and O–H groups in total. The Kier molecular flexibility index (Phi) is 6.52. The number of aliphatic hydroxyl groups excluding tert-OH is 1. The Labute approximate surface area is 117 Å². The maximum atomic E-state index is 11.6. The van der Waals surface area contributed by atoms with Crippen LogP contribution < -0.4 is 10.1 Å². The summed E-state index contributed by atoms with van der Waals surface area (Å²) >= 11 is 0. The van der Waals surface area contributed by atoms with Crippen LogP contribution in [0.15, 0.2) is 24.3 Å². The highest BCUT2D eigenvalue weighted by molar-refractivity contribution is 5.76.